The molecule has 0 aromatic carbocycles. The van der Waals surface area contributed by atoms with E-state index in [2.05, 4.69) is 10.2 Å². The lowest BCUT2D eigenvalue weighted by atomic mass is 9.51. The highest BCUT2D eigenvalue weighted by atomic mass is 16.1. The number of nitrogen functional groups attached to an aromatic ring is 1. The Hall–Kier alpha value is -1.32. The SMILES string of the molecule is Cc1c(C2C3CC4CC(C3)CC2C4)n[nH]c(=O)c1N. The Bertz CT molecular complexity index is 549. The van der Waals surface area contributed by atoms with Crippen molar-refractivity contribution in [1.82, 2.24) is 10.2 Å². The van der Waals surface area contributed by atoms with Crippen LogP contribution in [0.4, 0.5) is 5.69 Å². The fourth-order valence-corrected chi connectivity index (χ4v) is 5.26. The van der Waals surface area contributed by atoms with Gasteiger partial charge in [-0.15, -0.1) is 0 Å². The Kier molecular flexibility index (Phi) is 2.32. The summed E-state index contributed by atoms with van der Waals surface area (Å²) in [6.45, 7) is 1.96. The van der Waals surface area contributed by atoms with E-state index in [0.29, 0.717) is 11.6 Å². The first kappa shape index (κ1) is 11.5. The summed E-state index contributed by atoms with van der Waals surface area (Å²) < 4.78 is 0. The molecule has 0 radical (unpaired) electrons. The molecule has 1 aromatic heterocycles. The van der Waals surface area contributed by atoms with E-state index in [0.717, 1.165) is 34.9 Å². The van der Waals surface area contributed by atoms with Gasteiger partial charge in [-0.2, -0.15) is 5.10 Å². The largest absolute Gasteiger partial charge is 0.394 e. The van der Waals surface area contributed by atoms with Gasteiger partial charge in [0.25, 0.3) is 5.56 Å². The Balaban J connectivity index is 1.77. The zero-order chi connectivity index (χ0) is 13.1. The average molecular weight is 259 g/mol. The minimum Gasteiger partial charge on any atom is -0.394 e. The van der Waals surface area contributed by atoms with Crippen molar-refractivity contribution in [3.05, 3.63) is 21.6 Å². The molecule has 1 heterocycles. The van der Waals surface area contributed by atoms with Gasteiger partial charge in [0, 0.05) is 11.5 Å². The summed E-state index contributed by atoms with van der Waals surface area (Å²) in [4.78, 5) is 11.5. The van der Waals surface area contributed by atoms with Gasteiger partial charge >= 0.3 is 0 Å². The van der Waals surface area contributed by atoms with Gasteiger partial charge in [-0.1, -0.05) is 0 Å². The van der Waals surface area contributed by atoms with Crippen LogP contribution in [0.25, 0.3) is 0 Å². The number of nitrogens with two attached hydrogens (primary N) is 1. The Labute approximate surface area is 112 Å². The first-order chi connectivity index (χ1) is 9.13. The first-order valence-electron chi connectivity index (χ1n) is 7.48. The van der Waals surface area contributed by atoms with Crippen molar-refractivity contribution in [2.45, 2.75) is 44.9 Å². The third kappa shape index (κ3) is 1.58. The predicted molar refractivity (Wildman–Crippen MR) is 73.8 cm³/mol. The second-order valence-electron chi connectivity index (χ2n) is 6.93. The van der Waals surface area contributed by atoms with Gasteiger partial charge in [-0.05, 0) is 62.7 Å². The molecular formula is C15H21N3O. The quantitative estimate of drug-likeness (QED) is 0.812. The molecule has 0 amide bonds. The van der Waals surface area contributed by atoms with Crippen LogP contribution in [0.1, 0.15) is 49.3 Å². The topological polar surface area (TPSA) is 71.8 Å². The van der Waals surface area contributed by atoms with Gasteiger partial charge in [0.1, 0.15) is 5.69 Å². The molecule has 19 heavy (non-hydrogen) atoms. The van der Waals surface area contributed by atoms with E-state index in [-0.39, 0.29) is 5.56 Å². The number of hydrogen-bond acceptors (Lipinski definition) is 3. The van der Waals surface area contributed by atoms with Gasteiger partial charge in [-0.3, -0.25) is 4.79 Å². The molecule has 0 unspecified atom stereocenters. The summed E-state index contributed by atoms with van der Waals surface area (Å²) in [5.41, 5.74) is 8.00. The zero-order valence-electron chi connectivity index (χ0n) is 11.4. The smallest absolute Gasteiger partial charge is 0.287 e. The normalized spacial score (nSPS) is 39.7. The fourth-order valence-electron chi connectivity index (χ4n) is 5.26. The monoisotopic (exact) mass is 259 g/mol. The maximum atomic E-state index is 11.5. The summed E-state index contributed by atoms with van der Waals surface area (Å²) in [5.74, 6) is 3.99. The van der Waals surface area contributed by atoms with Crippen LogP contribution >= 0.6 is 0 Å². The highest BCUT2D eigenvalue weighted by molar-refractivity contribution is 5.46. The molecular weight excluding hydrogens is 238 g/mol. The molecule has 4 nitrogen and oxygen atoms in total. The van der Waals surface area contributed by atoms with Gasteiger partial charge < -0.3 is 5.73 Å². The van der Waals surface area contributed by atoms with E-state index < -0.39 is 0 Å². The van der Waals surface area contributed by atoms with E-state index in [1.807, 2.05) is 6.92 Å². The Morgan fingerprint density at radius 1 is 1.11 bits per heavy atom. The van der Waals surface area contributed by atoms with Crippen LogP contribution in [0.15, 0.2) is 4.79 Å². The molecule has 4 fully saturated rings. The first-order valence-corrected chi connectivity index (χ1v) is 7.48. The molecule has 0 atom stereocenters. The van der Waals surface area contributed by atoms with Crippen LogP contribution in [0.3, 0.4) is 0 Å². The van der Waals surface area contributed by atoms with Gasteiger partial charge in [0.05, 0.1) is 5.69 Å². The molecule has 4 bridgehead atoms. The standard InChI is InChI=1S/C15H21N3O/c1-7-13(16)15(19)18-17-14(7)12-10-3-8-2-9(5-10)6-11(12)4-8/h8-12H,2-6H2,1H3,(H2,16,17)(H,18,19). The van der Waals surface area contributed by atoms with Crippen molar-refractivity contribution in [2.75, 3.05) is 5.73 Å². The summed E-state index contributed by atoms with van der Waals surface area (Å²) >= 11 is 0. The van der Waals surface area contributed by atoms with Gasteiger partial charge in [0.15, 0.2) is 0 Å². The van der Waals surface area contributed by atoms with Crippen LogP contribution in [-0.2, 0) is 0 Å². The molecule has 3 N–H and O–H groups in total. The summed E-state index contributed by atoms with van der Waals surface area (Å²) in [7, 11) is 0. The second kappa shape index (κ2) is 3.84. The number of nitrogens with zero attached hydrogens (tertiary/aromatic N) is 1. The number of H-pyrrole nitrogens is 1. The number of aromatic amines is 1. The van der Waals surface area contributed by atoms with Gasteiger partial charge in [0.2, 0.25) is 0 Å². The van der Waals surface area contributed by atoms with Crippen LogP contribution in [0.2, 0.25) is 0 Å². The minimum atomic E-state index is -0.245. The fraction of sp³-hybridized carbons (Fsp3) is 0.733. The Morgan fingerprint density at radius 2 is 1.68 bits per heavy atom. The van der Waals surface area contributed by atoms with Crippen molar-refractivity contribution in [3.63, 3.8) is 0 Å². The molecule has 4 aliphatic rings. The zero-order valence-corrected chi connectivity index (χ0v) is 11.4. The third-order valence-corrected chi connectivity index (χ3v) is 5.85. The summed E-state index contributed by atoms with van der Waals surface area (Å²) in [6, 6.07) is 0. The lowest BCUT2D eigenvalue weighted by Crippen LogP contribution is -2.44. The summed E-state index contributed by atoms with van der Waals surface area (Å²) in [6.07, 6.45) is 6.89. The summed E-state index contributed by atoms with van der Waals surface area (Å²) in [5, 5.41) is 6.95. The van der Waals surface area contributed by atoms with E-state index >= 15 is 0 Å². The van der Waals surface area contributed by atoms with Crippen LogP contribution in [0, 0.1) is 30.6 Å². The maximum absolute atomic E-state index is 11.5. The van der Waals surface area contributed by atoms with Gasteiger partial charge in [-0.25, -0.2) is 5.10 Å². The number of aromatic nitrogens is 2. The maximum Gasteiger partial charge on any atom is 0.287 e. The van der Waals surface area contributed by atoms with Crippen molar-refractivity contribution in [2.24, 2.45) is 23.7 Å². The van der Waals surface area contributed by atoms with E-state index in [1.54, 1.807) is 0 Å². The number of rotatable bonds is 1. The highest BCUT2D eigenvalue weighted by Gasteiger charge is 2.49. The molecule has 4 aliphatic carbocycles. The Morgan fingerprint density at radius 3 is 2.26 bits per heavy atom. The molecule has 0 saturated heterocycles. The molecule has 4 saturated carbocycles. The van der Waals surface area contributed by atoms with Crippen molar-refractivity contribution >= 4 is 5.69 Å². The molecule has 5 rings (SSSR count). The van der Waals surface area contributed by atoms with Crippen molar-refractivity contribution < 1.29 is 0 Å². The molecule has 1 aromatic rings. The number of nitrogens with one attached hydrogen (secondary N) is 1. The van der Waals surface area contributed by atoms with E-state index in [1.165, 1.54) is 32.1 Å². The number of anilines is 1. The van der Waals surface area contributed by atoms with Crippen LogP contribution in [-0.4, -0.2) is 10.2 Å². The molecule has 102 valence electrons. The van der Waals surface area contributed by atoms with E-state index in [4.69, 9.17) is 5.73 Å². The lowest BCUT2D eigenvalue weighted by molar-refractivity contribution is -0.00464. The van der Waals surface area contributed by atoms with Crippen LogP contribution in [0.5, 0.6) is 0 Å². The lowest BCUT2D eigenvalue weighted by Gasteiger charge is -2.54. The predicted octanol–water partition coefficient (Wildman–Crippen LogP) is 2.20. The molecule has 4 heteroatoms. The third-order valence-electron chi connectivity index (χ3n) is 5.85. The second-order valence-corrected chi connectivity index (χ2v) is 6.93. The van der Waals surface area contributed by atoms with Crippen molar-refractivity contribution in [3.8, 4) is 0 Å². The van der Waals surface area contributed by atoms with Crippen LogP contribution < -0.4 is 11.3 Å². The number of hydrogen-bond donors (Lipinski definition) is 2. The highest BCUT2D eigenvalue weighted by Crippen LogP contribution is 2.59. The molecule has 0 spiro atoms. The van der Waals surface area contributed by atoms with E-state index in [9.17, 15) is 4.79 Å². The van der Waals surface area contributed by atoms with Crippen molar-refractivity contribution in [1.29, 1.82) is 0 Å². The minimum absolute atomic E-state index is 0.245. The average Bonchev–Trinajstić information content (AvgIpc) is 2.37. The molecule has 0 aliphatic heterocycles.